The Morgan fingerprint density at radius 1 is 1.25 bits per heavy atom. The summed E-state index contributed by atoms with van der Waals surface area (Å²) < 4.78 is 1.61. The van der Waals surface area contributed by atoms with E-state index in [1.807, 2.05) is 55.6 Å². The number of thioether (sulfide) groups is 1. The third kappa shape index (κ3) is 2.91. The van der Waals surface area contributed by atoms with Gasteiger partial charge in [0, 0.05) is 11.5 Å². The number of carbonyl (C=O) groups excluding carboxylic acids is 1. The van der Waals surface area contributed by atoms with Gasteiger partial charge in [0.2, 0.25) is 11.1 Å². The van der Waals surface area contributed by atoms with Crippen molar-refractivity contribution in [2.45, 2.75) is 24.7 Å². The number of halogens is 1. The predicted octanol–water partition coefficient (Wildman–Crippen LogP) is 3.40. The number of fused-ring (bicyclic) bond motifs is 3. The number of carbonyl (C=O) groups is 1. The smallest absolute Gasteiger partial charge is 0.291 e. The molecule has 1 aromatic heterocycles. The number of para-hydroxylation sites is 1. The molecule has 1 aliphatic heterocycles. The molecule has 6 nitrogen and oxygen atoms in total. The molecule has 0 spiro atoms. The molecule has 2 aromatic carbocycles. The normalized spacial score (nSPS) is 15.1. The summed E-state index contributed by atoms with van der Waals surface area (Å²) in [6.45, 7) is 1.81. The molecule has 1 amide bonds. The molecule has 1 aliphatic rings. The van der Waals surface area contributed by atoms with E-state index < -0.39 is 6.17 Å². The van der Waals surface area contributed by atoms with Crippen LogP contribution in [0.3, 0.4) is 0 Å². The lowest BCUT2D eigenvalue weighted by atomic mass is 10.0. The number of rotatable bonds is 3. The van der Waals surface area contributed by atoms with Gasteiger partial charge in [0.15, 0.2) is 0 Å². The molecule has 0 unspecified atom stereocenters. The van der Waals surface area contributed by atoms with E-state index in [1.165, 1.54) is 11.8 Å². The molecule has 142 valence electrons. The summed E-state index contributed by atoms with van der Waals surface area (Å²) in [4.78, 5) is 30.5. The molecule has 1 N–H and O–H groups in total. The van der Waals surface area contributed by atoms with Gasteiger partial charge in [-0.05, 0) is 35.2 Å². The number of H-pyrrole nitrogens is 1. The van der Waals surface area contributed by atoms with E-state index in [9.17, 15) is 9.59 Å². The number of hydrogen-bond acceptors (Lipinski definition) is 4. The largest absolute Gasteiger partial charge is 0.325 e. The van der Waals surface area contributed by atoms with E-state index >= 15 is 0 Å². The van der Waals surface area contributed by atoms with Crippen LogP contribution in [0.5, 0.6) is 0 Å². The van der Waals surface area contributed by atoms with Gasteiger partial charge in [0.1, 0.15) is 0 Å². The Balaban J connectivity index is 2.12. The molecular weight excluding hydrogens is 396 g/mol. The maximum Gasteiger partial charge on any atom is 0.325 e. The van der Waals surface area contributed by atoms with E-state index in [2.05, 4.69) is 10.1 Å². The van der Waals surface area contributed by atoms with E-state index in [0.717, 1.165) is 0 Å². The summed E-state index contributed by atoms with van der Waals surface area (Å²) >= 11 is 7.84. The third-order valence-corrected chi connectivity index (χ3v) is 5.62. The first-order valence-electron chi connectivity index (χ1n) is 8.82. The maximum absolute atomic E-state index is 13.0. The molecular formula is C20H18ClN4O2S+. The summed E-state index contributed by atoms with van der Waals surface area (Å²) in [6, 6.07) is 14.7. The Labute approximate surface area is 171 Å². The second kappa shape index (κ2) is 7.41. The second-order valence-electron chi connectivity index (χ2n) is 6.29. The predicted molar refractivity (Wildman–Crippen MR) is 110 cm³/mol. The maximum atomic E-state index is 13.0. The fourth-order valence-corrected chi connectivity index (χ4v) is 4.07. The zero-order valence-corrected chi connectivity index (χ0v) is 16.9. The van der Waals surface area contributed by atoms with Gasteiger partial charge in [-0.15, -0.1) is 0 Å². The lowest BCUT2D eigenvalue weighted by Crippen LogP contribution is -2.61. The van der Waals surface area contributed by atoms with Crippen molar-refractivity contribution >= 4 is 35.0 Å². The number of aromatic amines is 1. The minimum absolute atomic E-state index is 0.0803. The van der Waals surface area contributed by atoms with Gasteiger partial charge in [-0.25, -0.2) is 4.90 Å². The van der Waals surface area contributed by atoms with Crippen LogP contribution in [0.1, 0.15) is 25.1 Å². The van der Waals surface area contributed by atoms with Crippen molar-refractivity contribution in [1.82, 2.24) is 10.1 Å². The highest BCUT2D eigenvalue weighted by atomic mass is 35.5. The van der Waals surface area contributed by atoms with Crippen LogP contribution in [-0.2, 0) is 4.79 Å². The molecule has 2 heterocycles. The molecule has 0 bridgehead atoms. The fraction of sp³-hybridized carbons (Fsp3) is 0.200. The number of aromatic nitrogens is 3. The first-order valence-corrected chi connectivity index (χ1v) is 10.4. The number of nitrogens with zero attached hydrogens (tertiary/aromatic N) is 3. The second-order valence-corrected chi connectivity index (χ2v) is 7.49. The highest BCUT2D eigenvalue weighted by Crippen LogP contribution is 2.39. The van der Waals surface area contributed by atoms with Gasteiger partial charge in [-0.2, -0.15) is 0 Å². The van der Waals surface area contributed by atoms with Crippen molar-refractivity contribution in [3.63, 3.8) is 0 Å². The average molecular weight is 414 g/mol. The standard InChI is InChI=1S/C20H17ClN4O2S/c1-3-16(26)24-15-11-7-5-9-13(15)17-18(27)22-20(28-2)23-25(17)19(24)12-8-4-6-10-14(12)21/h4-11,19H,3H2,1-2H3/p+1/t19-/m0/s1. The summed E-state index contributed by atoms with van der Waals surface area (Å²) in [5.41, 5.74) is 2.18. The van der Waals surface area contributed by atoms with Gasteiger partial charge in [-0.3, -0.25) is 14.6 Å². The van der Waals surface area contributed by atoms with Crippen LogP contribution in [0, 0.1) is 0 Å². The Morgan fingerprint density at radius 3 is 2.68 bits per heavy atom. The van der Waals surface area contributed by atoms with Crippen molar-refractivity contribution in [3.05, 3.63) is 69.5 Å². The molecule has 1 atom stereocenters. The minimum atomic E-state index is -0.653. The van der Waals surface area contributed by atoms with Gasteiger partial charge >= 0.3 is 11.3 Å². The Kier molecular flexibility index (Phi) is 4.95. The fourth-order valence-electron chi connectivity index (χ4n) is 3.47. The monoisotopic (exact) mass is 413 g/mol. The first-order chi connectivity index (χ1) is 13.6. The molecule has 0 saturated heterocycles. The average Bonchev–Trinajstić information content (AvgIpc) is 2.72. The zero-order valence-electron chi connectivity index (χ0n) is 15.3. The molecule has 28 heavy (non-hydrogen) atoms. The molecule has 0 fully saturated rings. The molecule has 4 rings (SSSR count). The third-order valence-electron chi connectivity index (χ3n) is 4.71. The van der Waals surface area contributed by atoms with E-state index in [0.29, 0.717) is 39.1 Å². The summed E-state index contributed by atoms with van der Waals surface area (Å²) in [5, 5.41) is 5.60. The molecule has 0 radical (unpaired) electrons. The number of hydrogen-bond donors (Lipinski definition) is 1. The molecule has 8 heteroatoms. The number of amides is 1. The quantitative estimate of drug-likeness (QED) is 0.527. The molecule has 0 aliphatic carbocycles. The van der Waals surface area contributed by atoms with E-state index in [4.69, 9.17) is 11.6 Å². The summed E-state index contributed by atoms with van der Waals surface area (Å²) in [6.07, 6.45) is 1.49. The van der Waals surface area contributed by atoms with Gasteiger partial charge < -0.3 is 0 Å². The van der Waals surface area contributed by atoms with Crippen molar-refractivity contribution < 1.29 is 9.48 Å². The van der Waals surface area contributed by atoms with Crippen LogP contribution in [0.4, 0.5) is 5.69 Å². The van der Waals surface area contributed by atoms with Crippen molar-refractivity contribution in [2.24, 2.45) is 0 Å². The Morgan fingerprint density at radius 2 is 1.96 bits per heavy atom. The van der Waals surface area contributed by atoms with Crippen molar-refractivity contribution in [3.8, 4) is 11.3 Å². The van der Waals surface area contributed by atoms with E-state index in [1.54, 1.807) is 15.6 Å². The summed E-state index contributed by atoms with van der Waals surface area (Å²) in [7, 11) is 0. The van der Waals surface area contributed by atoms with E-state index in [-0.39, 0.29) is 11.5 Å². The Bertz CT molecular complexity index is 1130. The van der Waals surface area contributed by atoms with Gasteiger partial charge in [-0.1, -0.05) is 54.6 Å². The molecule has 0 saturated carbocycles. The topological polar surface area (TPSA) is 69.9 Å². The Hall–Kier alpha value is -2.64. The van der Waals surface area contributed by atoms with Crippen LogP contribution in [-0.4, -0.2) is 22.2 Å². The van der Waals surface area contributed by atoms with Crippen molar-refractivity contribution in [2.75, 3.05) is 11.2 Å². The van der Waals surface area contributed by atoms with Crippen LogP contribution in [0.25, 0.3) is 11.3 Å². The van der Waals surface area contributed by atoms with Crippen LogP contribution in [0.2, 0.25) is 5.02 Å². The van der Waals surface area contributed by atoms with Crippen LogP contribution < -0.4 is 15.1 Å². The van der Waals surface area contributed by atoms with Crippen molar-refractivity contribution in [1.29, 1.82) is 0 Å². The molecule has 3 aromatic rings. The van der Waals surface area contributed by atoms with Crippen LogP contribution >= 0.6 is 23.4 Å². The van der Waals surface area contributed by atoms with Gasteiger partial charge in [0.05, 0.1) is 21.8 Å². The van der Waals surface area contributed by atoms with Crippen LogP contribution in [0.15, 0.2) is 58.5 Å². The SMILES string of the molecule is CCC(=O)N1c2ccccc2-c2c(=O)[nH]c(SC)n[n+]2[C@H]1c1ccccc1Cl. The number of benzene rings is 2. The number of anilines is 1. The lowest BCUT2D eigenvalue weighted by Gasteiger charge is -2.32. The summed E-state index contributed by atoms with van der Waals surface area (Å²) in [5.74, 6) is -0.0803. The number of nitrogens with one attached hydrogen (secondary N) is 1. The minimum Gasteiger partial charge on any atom is -0.291 e. The highest BCUT2D eigenvalue weighted by Gasteiger charge is 2.45. The van der Waals surface area contributed by atoms with Gasteiger partial charge in [0.25, 0.3) is 6.17 Å². The lowest BCUT2D eigenvalue weighted by molar-refractivity contribution is -0.763. The first kappa shape index (κ1) is 18.7. The highest BCUT2D eigenvalue weighted by molar-refractivity contribution is 7.98. The zero-order chi connectivity index (χ0) is 19.8.